The fourth-order valence-electron chi connectivity index (χ4n) is 3.44. The van der Waals surface area contributed by atoms with Crippen LogP contribution < -0.4 is 5.32 Å². The van der Waals surface area contributed by atoms with Crippen molar-refractivity contribution >= 4 is 0 Å². The van der Waals surface area contributed by atoms with E-state index in [-0.39, 0.29) is 0 Å². The van der Waals surface area contributed by atoms with Crippen LogP contribution >= 0.6 is 0 Å². The lowest BCUT2D eigenvalue weighted by Crippen LogP contribution is -2.31. The van der Waals surface area contributed by atoms with Crippen molar-refractivity contribution in [3.05, 3.63) is 23.4 Å². The average molecular weight is 233 g/mol. The Kier molecular flexibility index (Phi) is 3.38. The van der Waals surface area contributed by atoms with Crippen LogP contribution in [0.25, 0.3) is 0 Å². The summed E-state index contributed by atoms with van der Waals surface area (Å²) in [7, 11) is 0. The van der Waals surface area contributed by atoms with Crippen LogP contribution in [-0.2, 0) is 0 Å². The van der Waals surface area contributed by atoms with Gasteiger partial charge >= 0.3 is 0 Å². The summed E-state index contributed by atoms with van der Waals surface area (Å²) in [6.45, 7) is 13.0. The van der Waals surface area contributed by atoms with E-state index in [0.717, 1.165) is 12.5 Å². The molecule has 2 atom stereocenters. The first kappa shape index (κ1) is 12.7. The lowest BCUT2D eigenvalue weighted by molar-refractivity contribution is 0.342. The van der Waals surface area contributed by atoms with Crippen LogP contribution in [0.15, 0.2) is 23.4 Å². The Hall–Kier alpha value is -0.720. The maximum absolute atomic E-state index is 3.70. The normalized spacial score (nSPS) is 32.1. The molecule has 1 N–H and O–H groups in total. The van der Waals surface area contributed by atoms with Crippen LogP contribution in [-0.4, -0.2) is 6.54 Å². The van der Waals surface area contributed by atoms with E-state index < -0.39 is 0 Å². The van der Waals surface area contributed by atoms with Crippen molar-refractivity contribution in [3.63, 3.8) is 0 Å². The standard InChI is InChI=1S/C16H27N/c1-11(2)13-7-8-14-15(12(13)3)17-10-6-9-16(14,4)5/h7-8,11-13,17H,6,9-10H2,1-5H3. The molecule has 1 heteroatoms. The average Bonchev–Trinajstić information content (AvgIpc) is 2.38. The molecule has 1 nitrogen and oxygen atoms in total. The number of rotatable bonds is 1. The molecule has 1 aliphatic carbocycles. The van der Waals surface area contributed by atoms with Gasteiger partial charge in [-0.2, -0.15) is 0 Å². The minimum atomic E-state index is 0.339. The van der Waals surface area contributed by atoms with Crippen molar-refractivity contribution in [2.24, 2.45) is 23.2 Å². The minimum absolute atomic E-state index is 0.339. The van der Waals surface area contributed by atoms with Crippen molar-refractivity contribution < 1.29 is 0 Å². The highest BCUT2D eigenvalue weighted by Crippen LogP contribution is 2.43. The zero-order valence-corrected chi connectivity index (χ0v) is 12.0. The van der Waals surface area contributed by atoms with E-state index >= 15 is 0 Å². The molecule has 1 aliphatic heterocycles. The van der Waals surface area contributed by atoms with Crippen molar-refractivity contribution in [2.45, 2.75) is 47.5 Å². The van der Waals surface area contributed by atoms with E-state index in [0.29, 0.717) is 17.3 Å². The molecular weight excluding hydrogens is 206 g/mol. The Balaban J connectivity index is 2.36. The van der Waals surface area contributed by atoms with Gasteiger partial charge in [-0.05, 0) is 35.7 Å². The van der Waals surface area contributed by atoms with Gasteiger partial charge in [0.1, 0.15) is 0 Å². The zero-order valence-electron chi connectivity index (χ0n) is 12.0. The Labute approximate surface area is 106 Å². The third-order valence-electron chi connectivity index (χ3n) is 4.60. The summed E-state index contributed by atoms with van der Waals surface area (Å²) in [5.74, 6) is 2.06. The van der Waals surface area contributed by atoms with Gasteiger partial charge in [-0.1, -0.05) is 46.8 Å². The first-order valence-corrected chi connectivity index (χ1v) is 7.10. The van der Waals surface area contributed by atoms with Gasteiger partial charge in [-0.15, -0.1) is 0 Å². The molecule has 0 aromatic heterocycles. The fraction of sp³-hybridized carbons (Fsp3) is 0.750. The molecule has 1 heterocycles. The Morgan fingerprint density at radius 2 is 2.06 bits per heavy atom. The third-order valence-corrected chi connectivity index (χ3v) is 4.60. The van der Waals surface area contributed by atoms with Crippen LogP contribution in [0.4, 0.5) is 0 Å². The number of hydrogen-bond acceptors (Lipinski definition) is 1. The van der Waals surface area contributed by atoms with Gasteiger partial charge in [0, 0.05) is 18.2 Å². The molecule has 0 fully saturated rings. The predicted octanol–water partition coefficient (Wildman–Crippen LogP) is 4.13. The highest BCUT2D eigenvalue weighted by atomic mass is 14.9. The quantitative estimate of drug-likeness (QED) is 0.718. The third kappa shape index (κ3) is 2.29. The maximum Gasteiger partial charge on any atom is 0.0179 e. The summed E-state index contributed by atoms with van der Waals surface area (Å²) in [6.07, 6.45) is 7.43. The molecule has 0 aromatic carbocycles. The summed E-state index contributed by atoms with van der Waals surface area (Å²) >= 11 is 0. The van der Waals surface area contributed by atoms with Crippen molar-refractivity contribution in [1.82, 2.24) is 5.32 Å². The Bertz CT molecular complexity index is 347. The van der Waals surface area contributed by atoms with Gasteiger partial charge in [0.05, 0.1) is 0 Å². The van der Waals surface area contributed by atoms with Gasteiger partial charge in [0.2, 0.25) is 0 Å². The van der Waals surface area contributed by atoms with Gasteiger partial charge in [0.15, 0.2) is 0 Å². The molecule has 0 spiro atoms. The van der Waals surface area contributed by atoms with Crippen LogP contribution in [0.1, 0.15) is 47.5 Å². The van der Waals surface area contributed by atoms with Crippen LogP contribution in [0.5, 0.6) is 0 Å². The minimum Gasteiger partial charge on any atom is -0.388 e. The first-order valence-electron chi connectivity index (χ1n) is 7.10. The summed E-state index contributed by atoms with van der Waals surface area (Å²) in [5, 5.41) is 3.70. The number of nitrogens with one attached hydrogen (secondary N) is 1. The molecule has 0 amide bonds. The van der Waals surface area contributed by atoms with Crippen molar-refractivity contribution in [1.29, 1.82) is 0 Å². The predicted molar refractivity (Wildman–Crippen MR) is 74.7 cm³/mol. The zero-order chi connectivity index (χ0) is 12.6. The molecule has 2 aliphatic rings. The second-order valence-electron chi connectivity index (χ2n) is 6.71. The molecule has 0 saturated carbocycles. The molecule has 0 radical (unpaired) electrons. The van der Waals surface area contributed by atoms with Gasteiger partial charge in [-0.3, -0.25) is 0 Å². The summed E-state index contributed by atoms with van der Waals surface area (Å²) in [6, 6.07) is 0. The molecule has 2 unspecified atom stereocenters. The van der Waals surface area contributed by atoms with E-state index in [4.69, 9.17) is 0 Å². The summed E-state index contributed by atoms with van der Waals surface area (Å²) in [4.78, 5) is 0. The Morgan fingerprint density at radius 3 is 2.71 bits per heavy atom. The summed E-state index contributed by atoms with van der Waals surface area (Å²) < 4.78 is 0. The second-order valence-corrected chi connectivity index (χ2v) is 6.71. The van der Waals surface area contributed by atoms with Crippen LogP contribution in [0.3, 0.4) is 0 Å². The second kappa shape index (κ2) is 4.51. The lowest BCUT2D eigenvalue weighted by atomic mass is 9.71. The molecule has 17 heavy (non-hydrogen) atoms. The first-order chi connectivity index (χ1) is 7.93. The van der Waals surface area contributed by atoms with Crippen LogP contribution in [0.2, 0.25) is 0 Å². The van der Waals surface area contributed by atoms with E-state index in [1.165, 1.54) is 18.5 Å². The van der Waals surface area contributed by atoms with E-state index in [2.05, 4.69) is 52.1 Å². The maximum atomic E-state index is 3.70. The van der Waals surface area contributed by atoms with Crippen molar-refractivity contribution in [2.75, 3.05) is 6.54 Å². The van der Waals surface area contributed by atoms with Gasteiger partial charge in [0.25, 0.3) is 0 Å². The molecule has 96 valence electrons. The van der Waals surface area contributed by atoms with Gasteiger partial charge < -0.3 is 5.32 Å². The number of allylic oxidation sites excluding steroid dienone is 4. The molecule has 0 saturated heterocycles. The fourth-order valence-corrected chi connectivity index (χ4v) is 3.44. The van der Waals surface area contributed by atoms with Crippen LogP contribution in [0, 0.1) is 23.2 Å². The van der Waals surface area contributed by atoms with E-state index in [1.807, 2.05) is 0 Å². The monoisotopic (exact) mass is 233 g/mol. The van der Waals surface area contributed by atoms with Crippen molar-refractivity contribution in [3.8, 4) is 0 Å². The highest BCUT2D eigenvalue weighted by molar-refractivity contribution is 5.37. The molecule has 0 bridgehead atoms. The molecular formula is C16H27N. The Morgan fingerprint density at radius 1 is 1.35 bits per heavy atom. The smallest absolute Gasteiger partial charge is 0.0179 e. The lowest BCUT2D eigenvalue weighted by Gasteiger charge is -2.36. The topological polar surface area (TPSA) is 12.0 Å². The largest absolute Gasteiger partial charge is 0.388 e. The summed E-state index contributed by atoms with van der Waals surface area (Å²) in [5.41, 5.74) is 3.42. The number of hydrogen-bond donors (Lipinski definition) is 1. The van der Waals surface area contributed by atoms with E-state index in [1.54, 1.807) is 5.57 Å². The molecule has 0 aromatic rings. The van der Waals surface area contributed by atoms with E-state index in [9.17, 15) is 0 Å². The molecule has 2 rings (SSSR count). The SMILES string of the molecule is CC(C)C1C=CC2=C(NCCCC2(C)C)C1C. The van der Waals surface area contributed by atoms with Gasteiger partial charge in [-0.25, -0.2) is 0 Å². The highest BCUT2D eigenvalue weighted by Gasteiger charge is 2.34.